The Labute approximate surface area is 159 Å². The molecule has 1 N–H and O–H groups in total. The van der Waals surface area contributed by atoms with E-state index in [4.69, 9.17) is 9.72 Å². The molecule has 1 fully saturated rings. The Morgan fingerprint density at radius 2 is 2.15 bits per heavy atom. The fourth-order valence-electron chi connectivity index (χ4n) is 3.56. The number of amides is 2. The van der Waals surface area contributed by atoms with Gasteiger partial charge in [0, 0.05) is 26.1 Å². The molecule has 1 unspecified atom stereocenters. The second kappa shape index (κ2) is 8.88. The summed E-state index contributed by atoms with van der Waals surface area (Å²) in [5, 5.41) is 2.99. The topological polar surface area (TPSA) is 76.5 Å². The molecule has 3 rings (SSSR count). The van der Waals surface area contributed by atoms with E-state index in [-0.39, 0.29) is 18.0 Å². The number of aryl methyl sites for hydroxylation is 1. The lowest BCUT2D eigenvalue weighted by Crippen LogP contribution is -2.43. The lowest BCUT2D eigenvalue weighted by molar-refractivity contribution is -0.124. The summed E-state index contributed by atoms with van der Waals surface area (Å²) in [7, 11) is 0. The van der Waals surface area contributed by atoms with Crippen molar-refractivity contribution in [1.29, 1.82) is 0 Å². The third-order valence-electron chi connectivity index (χ3n) is 4.88. The monoisotopic (exact) mass is 372 g/mol. The van der Waals surface area contributed by atoms with E-state index < -0.39 is 0 Å². The van der Waals surface area contributed by atoms with Crippen molar-refractivity contribution in [1.82, 2.24) is 19.8 Å². The van der Waals surface area contributed by atoms with E-state index in [1.54, 1.807) is 4.90 Å². The zero-order valence-electron chi connectivity index (χ0n) is 16.1. The number of nitrogens with one attached hydrogen (secondary N) is 1. The maximum absolute atomic E-state index is 12.9. The summed E-state index contributed by atoms with van der Waals surface area (Å²) in [5.41, 5.74) is 1.91. The maximum atomic E-state index is 12.9. The number of hydrogen-bond acceptors (Lipinski definition) is 4. The van der Waals surface area contributed by atoms with Crippen molar-refractivity contribution >= 4 is 23.0 Å². The van der Waals surface area contributed by atoms with Crippen LogP contribution in [-0.2, 0) is 16.0 Å². The highest BCUT2D eigenvalue weighted by atomic mass is 16.6. The van der Waals surface area contributed by atoms with Crippen molar-refractivity contribution in [3.05, 3.63) is 30.1 Å². The van der Waals surface area contributed by atoms with E-state index in [1.807, 2.05) is 31.2 Å². The molecule has 0 bridgehead atoms. The van der Waals surface area contributed by atoms with E-state index in [9.17, 15) is 9.59 Å². The molecule has 2 amide bonds. The summed E-state index contributed by atoms with van der Waals surface area (Å²) < 4.78 is 7.10. The van der Waals surface area contributed by atoms with Crippen LogP contribution in [0.4, 0.5) is 4.79 Å². The van der Waals surface area contributed by atoms with Crippen molar-refractivity contribution in [3.8, 4) is 0 Å². The minimum absolute atomic E-state index is 0.0385. The van der Waals surface area contributed by atoms with Crippen LogP contribution in [0, 0.1) is 0 Å². The van der Waals surface area contributed by atoms with Crippen molar-refractivity contribution in [2.24, 2.45) is 0 Å². The van der Waals surface area contributed by atoms with Gasteiger partial charge in [0.1, 0.15) is 11.9 Å². The number of hydrogen-bond donors (Lipinski definition) is 1. The van der Waals surface area contributed by atoms with Crippen LogP contribution in [0.15, 0.2) is 24.3 Å². The van der Waals surface area contributed by atoms with Gasteiger partial charge < -0.3 is 19.5 Å². The largest absolute Gasteiger partial charge is 0.449 e. The molecule has 1 aliphatic rings. The molecule has 2 aromatic rings. The van der Waals surface area contributed by atoms with Gasteiger partial charge in [-0.05, 0) is 31.4 Å². The Morgan fingerprint density at radius 3 is 2.89 bits per heavy atom. The van der Waals surface area contributed by atoms with Crippen LogP contribution in [0.1, 0.15) is 45.0 Å². The molecule has 0 aliphatic carbocycles. The van der Waals surface area contributed by atoms with Gasteiger partial charge in [-0.15, -0.1) is 0 Å². The van der Waals surface area contributed by atoms with Crippen LogP contribution in [0.5, 0.6) is 0 Å². The number of rotatable bonds is 8. The molecule has 7 nitrogen and oxygen atoms in total. The number of carbonyl (C=O) groups excluding carboxylic acids is 2. The number of para-hydroxylation sites is 2. The quantitative estimate of drug-likeness (QED) is 0.773. The molecule has 2 heterocycles. The Morgan fingerprint density at radius 1 is 1.33 bits per heavy atom. The summed E-state index contributed by atoms with van der Waals surface area (Å²) in [6, 6.07) is 7.63. The molecule has 1 atom stereocenters. The Hall–Kier alpha value is -2.57. The Balaban J connectivity index is 1.72. The first-order valence-electron chi connectivity index (χ1n) is 9.81. The molecule has 0 saturated carbocycles. The second-order valence-corrected chi connectivity index (χ2v) is 6.81. The van der Waals surface area contributed by atoms with E-state index in [2.05, 4.69) is 16.8 Å². The highest BCUT2D eigenvalue weighted by molar-refractivity contribution is 5.84. The lowest BCUT2D eigenvalue weighted by atomic mass is 10.1. The van der Waals surface area contributed by atoms with Gasteiger partial charge in [-0.3, -0.25) is 4.79 Å². The lowest BCUT2D eigenvalue weighted by Gasteiger charge is -2.27. The van der Waals surface area contributed by atoms with Gasteiger partial charge in [0.2, 0.25) is 5.91 Å². The Kier molecular flexibility index (Phi) is 6.32. The van der Waals surface area contributed by atoms with Crippen molar-refractivity contribution in [2.75, 3.05) is 26.2 Å². The summed E-state index contributed by atoms with van der Waals surface area (Å²) in [4.78, 5) is 31.0. The number of imidazole rings is 1. The van der Waals surface area contributed by atoms with Gasteiger partial charge in [0.05, 0.1) is 17.6 Å². The minimum Gasteiger partial charge on any atom is -0.449 e. The van der Waals surface area contributed by atoms with Gasteiger partial charge >= 0.3 is 6.09 Å². The first-order chi connectivity index (χ1) is 13.2. The van der Waals surface area contributed by atoms with Crippen LogP contribution in [0.3, 0.4) is 0 Å². The predicted octanol–water partition coefficient (Wildman–Crippen LogP) is 2.90. The van der Waals surface area contributed by atoms with Crippen LogP contribution >= 0.6 is 0 Å². The minimum atomic E-state index is -0.313. The zero-order chi connectivity index (χ0) is 19.2. The smallest absolute Gasteiger partial charge is 0.409 e. The number of cyclic esters (lactones) is 1. The molecule has 0 spiro atoms. The SMILES string of the molecule is CCCc1nc2ccccc2n1C(CC)C(=O)NCCN1CCCOC1=O. The standard InChI is InChI=1S/C20H28N4O3/c1-3-8-18-22-15-9-5-6-10-17(15)24(18)16(4-2)19(25)21-11-13-23-12-7-14-27-20(23)26/h5-6,9-10,16H,3-4,7-8,11-14H2,1-2H3,(H,21,25). The molecular weight excluding hydrogens is 344 g/mol. The fraction of sp³-hybridized carbons (Fsp3) is 0.550. The third-order valence-corrected chi connectivity index (χ3v) is 4.88. The highest BCUT2D eigenvalue weighted by Gasteiger charge is 2.24. The van der Waals surface area contributed by atoms with Gasteiger partial charge in [-0.2, -0.15) is 0 Å². The molecular formula is C20H28N4O3. The number of aromatic nitrogens is 2. The molecule has 27 heavy (non-hydrogen) atoms. The first kappa shape index (κ1) is 19.2. The molecule has 1 aromatic carbocycles. The normalized spacial score (nSPS) is 15.6. The molecule has 0 radical (unpaired) electrons. The molecule has 146 valence electrons. The first-order valence-corrected chi connectivity index (χ1v) is 9.81. The summed E-state index contributed by atoms with van der Waals surface area (Å²) in [5.74, 6) is 0.906. The average molecular weight is 372 g/mol. The van der Waals surface area contributed by atoms with E-state index in [0.29, 0.717) is 32.7 Å². The molecule has 1 aliphatic heterocycles. The number of ether oxygens (including phenoxy) is 1. The fourth-order valence-corrected chi connectivity index (χ4v) is 3.56. The molecule has 1 aromatic heterocycles. The number of benzene rings is 1. The van der Waals surface area contributed by atoms with Gasteiger partial charge in [-0.25, -0.2) is 9.78 Å². The zero-order valence-corrected chi connectivity index (χ0v) is 16.1. The predicted molar refractivity (Wildman–Crippen MR) is 104 cm³/mol. The van der Waals surface area contributed by atoms with Crippen molar-refractivity contribution < 1.29 is 14.3 Å². The van der Waals surface area contributed by atoms with Crippen LogP contribution in [0.2, 0.25) is 0 Å². The van der Waals surface area contributed by atoms with E-state index in [0.717, 1.165) is 36.1 Å². The van der Waals surface area contributed by atoms with Gasteiger partial charge in [-0.1, -0.05) is 26.0 Å². The molecule has 7 heteroatoms. The van der Waals surface area contributed by atoms with Crippen molar-refractivity contribution in [2.45, 2.75) is 45.6 Å². The summed E-state index contributed by atoms with van der Waals surface area (Å²) in [6.07, 6.45) is 3.01. The van der Waals surface area contributed by atoms with Gasteiger partial charge in [0.25, 0.3) is 0 Å². The summed E-state index contributed by atoms with van der Waals surface area (Å²) >= 11 is 0. The van der Waals surface area contributed by atoms with Crippen LogP contribution in [0.25, 0.3) is 11.0 Å². The van der Waals surface area contributed by atoms with Crippen LogP contribution in [-0.4, -0.2) is 52.7 Å². The van der Waals surface area contributed by atoms with Crippen LogP contribution < -0.4 is 5.32 Å². The maximum Gasteiger partial charge on any atom is 0.409 e. The number of nitrogens with zero attached hydrogens (tertiary/aromatic N) is 3. The average Bonchev–Trinajstić information content (AvgIpc) is 3.02. The molecule has 1 saturated heterocycles. The number of carbonyl (C=O) groups is 2. The third kappa shape index (κ3) is 4.23. The van der Waals surface area contributed by atoms with E-state index >= 15 is 0 Å². The van der Waals surface area contributed by atoms with E-state index in [1.165, 1.54) is 0 Å². The van der Waals surface area contributed by atoms with Gasteiger partial charge in [0.15, 0.2) is 0 Å². The highest BCUT2D eigenvalue weighted by Crippen LogP contribution is 2.24. The number of fused-ring (bicyclic) bond motifs is 1. The van der Waals surface area contributed by atoms with Crippen molar-refractivity contribution in [3.63, 3.8) is 0 Å². The second-order valence-electron chi connectivity index (χ2n) is 6.81. The Bertz CT molecular complexity index is 802. The summed E-state index contributed by atoms with van der Waals surface area (Å²) in [6.45, 7) is 6.17.